The molecule has 0 bridgehead atoms. The van der Waals surface area contributed by atoms with Gasteiger partial charge < -0.3 is 15.3 Å². The zero-order chi connectivity index (χ0) is 13.0. The highest BCUT2D eigenvalue weighted by molar-refractivity contribution is 5.47. The number of hydrogen-bond acceptors (Lipinski definition) is 3. The third-order valence-electron chi connectivity index (χ3n) is 3.85. The number of benzene rings is 1. The molecule has 0 unspecified atom stereocenters. The molecule has 1 aliphatic heterocycles. The van der Waals surface area contributed by atoms with Crippen molar-refractivity contribution < 1.29 is 5.11 Å². The molecule has 3 heteroatoms. The summed E-state index contributed by atoms with van der Waals surface area (Å²) in [6, 6.07) is 8.61. The molecule has 100 valence electrons. The van der Waals surface area contributed by atoms with Crippen molar-refractivity contribution in [1.29, 1.82) is 0 Å². The summed E-state index contributed by atoms with van der Waals surface area (Å²) < 4.78 is 0. The van der Waals surface area contributed by atoms with E-state index >= 15 is 0 Å². The van der Waals surface area contributed by atoms with Crippen LogP contribution >= 0.6 is 0 Å². The molecule has 2 rings (SSSR count). The van der Waals surface area contributed by atoms with Gasteiger partial charge in [-0.05, 0) is 50.0 Å². The quantitative estimate of drug-likeness (QED) is 0.853. The molecular formula is C15H24N2O. The molecule has 0 amide bonds. The lowest BCUT2D eigenvalue weighted by molar-refractivity contribution is 0.0183. The van der Waals surface area contributed by atoms with Gasteiger partial charge in [0.25, 0.3) is 0 Å². The number of rotatable bonds is 4. The first-order valence-corrected chi connectivity index (χ1v) is 6.86. The molecule has 1 aliphatic rings. The summed E-state index contributed by atoms with van der Waals surface area (Å²) in [6.45, 7) is 4.70. The Kier molecular flexibility index (Phi) is 4.25. The fourth-order valence-corrected chi connectivity index (χ4v) is 2.57. The van der Waals surface area contributed by atoms with E-state index < -0.39 is 5.60 Å². The molecular weight excluding hydrogens is 224 g/mol. The minimum absolute atomic E-state index is 0.538. The highest BCUT2D eigenvalue weighted by Gasteiger charge is 2.30. The van der Waals surface area contributed by atoms with E-state index in [0.717, 1.165) is 32.4 Å². The predicted octanol–water partition coefficient (Wildman–Crippen LogP) is 1.80. The van der Waals surface area contributed by atoms with E-state index in [0.29, 0.717) is 6.54 Å². The molecule has 1 aromatic rings. The van der Waals surface area contributed by atoms with Gasteiger partial charge in [-0.15, -0.1) is 0 Å². The molecule has 1 saturated heterocycles. The molecule has 1 heterocycles. The number of likely N-dealkylation sites (N-methyl/N-ethyl adjacent to an activating group) is 1. The Morgan fingerprint density at radius 2 is 1.83 bits per heavy atom. The summed E-state index contributed by atoms with van der Waals surface area (Å²) in [5.41, 5.74) is 2.00. The van der Waals surface area contributed by atoms with E-state index in [9.17, 15) is 5.11 Å². The Labute approximate surface area is 110 Å². The summed E-state index contributed by atoms with van der Waals surface area (Å²) in [5, 5.41) is 13.8. The van der Waals surface area contributed by atoms with Crippen molar-refractivity contribution in [3.05, 3.63) is 29.8 Å². The number of aliphatic hydroxyl groups is 1. The Morgan fingerprint density at radius 3 is 2.39 bits per heavy atom. The second-order valence-corrected chi connectivity index (χ2v) is 5.35. The maximum Gasteiger partial charge on any atom is 0.0845 e. The van der Waals surface area contributed by atoms with Gasteiger partial charge in [-0.3, -0.25) is 0 Å². The summed E-state index contributed by atoms with van der Waals surface area (Å²) in [6.07, 6.45) is 2.74. The van der Waals surface area contributed by atoms with Gasteiger partial charge in [0.1, 0.15) is 0 Å². The molecule has 0 spiro atoms. The van der Waals surface area contributed by atoms with Crippen LogP contribution in [0.1, 0.15) is 25.3 Å². The first-order chi connectivity index (χ1) is 8.63. The van der Waals surface area contributed by atoms with E-state index in [-0.39, 0.29) is 0 Å². The Hall–Kier alpha value is -1.06. The van der Waals surface area contributed by atoms with Crippen LogP contribution in [0.3, 0.4) is 0 Å². The van der Waals surface area contributed by atoms with Gasteiger partial charge >= 0.3 is 0 Å². The number of anilines is 1. The average Bonchev–Trinajstić information content (AvgIpc) is 2.39. The molecule has 0 saturated carbocycles. The SMILES string of the molecule is CCc1ccc(N(C)CC2(O)CCNCC2)cc1. The highest BCUT2D eigenvalue weighted by Crippen LogP contribution is 2.22. The van der Waals surface area contributed by atoms with E-state index in [1.165, 1.54) is 11.3 Å². The number of nitrogens with one attached hydrogen (secondary N) is 1. The molecule has 2 N–H and O–H groups in total. The topological polar surface area (TPSA) is 35.5 Å². The van der Waals surface area contributed by atoms with Crippen molar-refractivity contribution in [2.45, 2.75) is 31.8 Å². The van der Waals surface area contributed by atoms with Crippen LogP contribution in [0.25, 0.3) is 0 Å². The molecule has 18 heavy (non-hydrogen) atoms. The van der Waals surface area contributed by atoms with E-state index in [1.807, 2.05) is 0 Å². The van der Waals surface area contributed by atoms with Crippen molar-refractivity contribution in [3.8, 4) is 0 Å². The maximum atomic E-state index is 10.5. The second-order valence-electron chi connectivity index (χ2n) is 5.35. The van der Waals surface area contributed by atoms with Crippen LogP contribution in [0, 0.1) is 0 Å². The Morgan fingerprint density at radius 1 is 1.22 bits per heavy atom. The van der Waals surface area contributed by atoms with Gasteiger partial charge in [-0.25, -0.2) is 0 Å². The first-order valence-electron chi connectivity index (χ1n) is 6.86. The fourth-order valence-electron chi connectivity index (χ4n) is 2.57. The van der Waals surface area contributed by atoms with Crippen molar-refractivity contribution >= 4 is 5.69 Å². The Bertz CT molecular complexity index is 369. The van der Waals surface area contributed by atoms with Crippen LogP contribution in [0.15, 0.2) is 24.3 Å². The lowest BCUT2D eigenvalue weighted by atomic mass is 9.92. The number of aryl methyl sites for hydroxylation is 1. The molecule has 0 aliphatic carbocycles. The van der Waals surface area contributed by atoms with Crippen LogP contribution < -0.4 is 10.2 Å². The van der Waals surface area contributed by atoms with Gasteiger partial charge in [0.2, 0.25) is 0 Å². The Balaban J connectivity index is 1.99. The summed E-state index contributed by atoms with van der Waals surface area (Å²) in [4.78, 5) is 2.16. The average molecular weight is 248 g/mol. The molecule has 0 radical (unpaired) electrons. The third kappa shape index (κ3) is 3.24. The van der Waals surface area contributed by atoms with Crippen LogP contribution in [0.2, 0.25) is 0 Å². The third-order valence-corrected chi connectivity index (χ3v) is 3.85. The first kappa shape index (κ1) is 13.4. The lowest BCUT2D eigenvalue weighted by Gasteiger charge is -2.36. The highest BCUT2D eigenvalue weighted by atomic mass is 16.3. The van der Waals surface area contributed by atoms with Crippen molar-refractivity contribution in [1.82, 2.24) is 5.32 Å². The van der Waals surface area contributed by atoms with Crippen LogP contribution in [0.4, 0.5) is 5.69 Å². The largest absolute Gasteiger partial charge is 0.388 e. The zero-order valence-electron chi connectivity index (χ0n) is 11.4. The van der Waals surface area contributed by atoms with E-state index in [4.69, 9.17) is 0 Å². The maximum absolute atomic E-state index is 10.5. The van der Waals surface area contributed by atoms with Gasteiger partial charge in [0.15, 0.2) is 0 Å². The smallest absolute Gasteiger partial charge is 0.0845 e. The zero-order valence-corrected chi connectivity index (χ0v) is 11.4. The van der Waals surface area contributed by atoms with Gasteiger partial charge in [-0.2, -0.15) is 0 Å². The number of hydrogen-bond donors (Lipinski definition) is 2. The normalized spacial score (nSPS) is 18.6. The van der Waals surface area contributed by atoms with E-state index in [2.05, 4.69) is 48.5 Å². The van der Waals surface area contributed by atoms with Gasteiger partial charge in [-0.1, -0.05) is 19.1 Å². The molecule has 1 fully saturated rings. The van der Waals surface area contributed by atoms with Gasteiger partial charge in [0, 0.05) is 19.3 Å². The minimum atomic E-state index is -0.538. The van der Waals surface area contributed by atoms with Crippen LogP contribution in [-0.2, 0) is 6.42 Å². The molecule has 0 aromatic heterocycles. The van der Waals surface area contributed by atoms with Crippen LogP contribution in [-0.4, -0.2) is 37.4 Å². The van der Waals surface area contributed by atoms with Crippen LogP contribution in [0.5, 0.6) is 0 Å². The van der Waals surface area contributed by atoms with Crippen molar-refractivity contribution in [3.63, 3.8) is 0 Å². The lowest BCUT2D eigenvalue weighted by Crippen LogP contribution is -2.49. The van der Waals surface area contributed by atoms with Gasteiger partial charge in [0.05, 0.1) is 5.60 Å². The van der Waals surface area contributed by atoms with Crippen molar-refractivity contribution in [2.75, 3.05) is 31.6 Å². The number of nitrogens with zero attached hydrogens (tertiary/aromatic N) is 1. The molecule has 1 aromatic carbocycles. The summed E-state index contributed by atoms with van der Waals surface area (Å²) in [7, 11) is 2.06. The fraction of sp³-hybridized carbons (Fsp3) is 0.600. The molecule has 3 nitrogen and oxygen atoms in total. The molecule has 0 atom stereocenters. The van der Waals surface area contributed by atoms with E-state index in [1.54, 1.807) is 0 Å². The predicted molar refractivity (Wildman–Crippen MR) is 76.1 cm³/mol. The monoisotopic (exact) mass is 248 g/mol. The standard InChI is InChI=1S/C15H24N2O/c1-3-13-4-6-14(7-5-13)17(2)12-15(18)8-10-16-11-9-15/h4-7,16,18H,3,8-12H2,1-2H3. The second kappa shape index (κ2) is 5.72. The van der Waals surface area contributed by atoms with Crippen molar-refractivity contribution in [2.24, 2.45) is 0 Å². The number of piperidine rings is 1. The summed E-state index contributed by atoms with van der Waals surface area (Å²) >= 11 is 0. The summed E-state index contributed by atoms with van der Waals surface area (Å²) in [5.74, 6) is 0. The minimum Gasteiger partial charge on any atom is -0.388 e.